The summed E-state index contributed by atoms with van der Waals surface area (Å²) in [7, 11) is -3.03. The predicted molar refractivity (Wildman–Crippen MR) is 110 cm³/mol. The van der Waals surface area contributed by atoms with Crippen molar-refractivity contribution in [3.8, 4) is 0 Å². The molecule has 0 aromatic heterocycles. The Kier molecular flexibility index (Phi) is 4.75. The predicted octanol–water partition coefficient (Wildman–Crippen LogP) is 3.92. The normalized spacial score (nSPS) is 23.8. The smallest absolute Gasteiger partial charge is 0.164 e. The number of hydrogen-bond acceptors (Lipinski definition) is 5. The zero-order valence-corrected chi connectivity index (χ0v) is 16.7. The minimum atomic E-state index is -3.03. The van der Waals surface area contributed by atoms with Crippen molar-refractivity contribution in [2.24, 2.45) is 4.99 Å². The highest BCUT2D eigenvalue weighted by molar-refractivity contribution is 8.13. The quantitative estimate of drug-likeness (QED) is 0.775. The molecule has 1 saturated heterocycles. The number of halogens is 1. The number of thioether (sulfide) groups is 1. The molecule has 4 rings (SSSR count). The maximum atomic E-state index is 12.1. The second kappa shape index (κ2) is 6.91. The zero-order chi connectivity index (χ0) is 18.3. The molecule has 4 nitrogen and oxygen atoms in total. The number of rotatable bonds is 3. The van der Waals surface area contributed by atoms with Gasteiger partial charge >= 0.3 is 0 Å². The van der Waals surface area contributed by atoms with Crippen LogP contribution in [0.4, 0.5) is 5.69 Å². The molecule has 2 unspecified atom stereocenters. The van der Waals surface area contributed by atoms with E-state index < -0.39 is 9.84 Å². The average Bonchev–Trinajstić information content (AvgIpc) is 3.05. The molecule has 0 N–H and O–H groups in total. The van der Waals surface area contributed by atoms with E-state index in [2.05, 4.69) is 36.1 Å². The van der Waals surface area contributed by atoms with Gasteiger partial charge in [0.25, 0.3) is 0 Å². The number of fused-ring (bicyclic) bond motifs is 1. The van der Waals surface area contributed by atoms with Crippen LogP contribution in [-0.2, 0) is 15.6 Å². The van der Waals surface area contributed by atoms with Crippen LogP contribution in [-0.4, -0.2) is 37.2 Å². The molecule has 0 spiro atoms. The van der Waals surface area contributed by atoms with E-state index in [0.717, 1.165) is 16.6 Å². The number of hydrogen-bond donors (Lipinski definition) is 0. The van der Waals surface area contributed by atoms with Gasteiger partial charge in [-0.3, -0.25) is 4.99 Å². The van der Waals surface area contributed by atoms with Gasteiger partial charge in [0, 0.05) is 16.5 Å². The Balaban J connectivity index is 1.61. The molecule has 2 aliphatic rings. The molecule has 0 bridgehead atoms. The summed E-state index contributed by atoms with van der Waals surface area (Å²) in [6, 6.07) is 15.6. The Labute approximate surface area is 163 Å². The topological polar surface area (TPSA) is 49.7 Å². The van der Waals surface area contributed by atoms with Gasteiger partial charge in [0.2, 0.25) is 0 Å². The van der Waals surface area contributed by atoms with Crippen molar-refractivity contribution in [3.05, 3.63) is 64.7 Å². The molecule has 0 aliphatic carbocycles. The Bertz CT molecular complexity index is 958. The molecule has 0 amide bonds. The molecule has 2 heterocycles. The van der Waals surface area contributed by atoms with Crippen LogP contribution in [0.3, 0.4) is 0 Å². The van der Waals surface area contributed by atoms with Crippen molar-refractivity contribution in [2.45, 2.75) is 24.8 Å². The third-order valence-corrected chi connectivity index (χ3v) is 7.65. The minimum absolute atomic E-state index is 0.124. The maximum Gasteiger partial charge on any atom is 0.164 e. The minimum Gasteiger partial charge on any atom is -0.315 e. The summed E-state index contributed by atoms with van der Waals surface area (Å²) in [6.45, 7) is 2.08. The van der Waals surface area contributed by atoms with Gasteiger partial charge < -0.3 is 4.90 Å². The van der Waals surface area contributed by atoms with Gasteiger partial charge in [-0.15, -0.1) is 0 Å². The first-order chi connectivity index (χ1) is 12.4. The van der Waals surface area contributed by atoms with Crippen LogP contribution in [0, 0.1) is 6.92 Å². The molecule has 0 saturated carbocycles. The summed E-state index contributed by atoms with van der Waals surface area (Å²) >= 11 is 7.68. The lowest BCUT2D eigenvalue weighted by atomic mass is 10.1. The first-order valence-corrected chi connectivity index (χ1v) is 11.6. The lowest BCUT2D eigenvalue weighted by molar-refractivity contribution is 0.601. The van der Waals surface area contributed by atoms with Gasteiger partial charge in [-0.05, 0) is 36.8 Å². The van der Waals surface area contributed by atoms with E-state index >= 15 is 0 Å². The lowest BCUT2D eigenvalue weighted by Gasteiger charge is -2.26. The van der Waals surface area contributed by atoms with Gasteiger partial charge in [0.05, 0.1) is 23.6 Å². The fourth-order valence-electron chi connectivity index (χ4n) is 3.49. The van der Waals surface area contributed by atoms with E-state index in [1.54, 1.807) is 11.8 Å². The Morgan fingerprint density at radius 2 is 1.96 bits per heavy atom. The van der Waals surface area contributed by atoms with Crippen LogP contribution in [0.15, 0.2) is 53.5 Å². The number of aryl methyl sites for hydroxylation is 1. The summed E-state index contributed by atoms with van der Waals surface area (Å²) in [4.78, 5) is 6.83. The standard InChI is InChI=1S/C19H19ClN2O2S2/c1-13-3-2-4-14(9-13)10-25-19-21-17-11-26(23,24)12-18(17)22(19)16-7-5-15(20)6-8-16/h2-9,17-18H,10-12H2,1H3. The number of nitrogens with zero attached hydrogens (tertiary/aromatic N) is 2. The molecule has 2 aromatic carbocycles. The summed E-state index contributed by atoms with van der Waals surface area (Å²) in [5, 5.41) is 1.55. The van der Waals surface area contributed by atoms with Gasteiger partial charge in [0.15, 0.2) is 15.0 Å². The van der Waals surface area contributed by atoms with Gasteiger partial charge in [-0.2, -0.15) is 0 Å². The van der Waals surface area contributed by atoms with Gasteiger partial charge in [0.1, 0.15) is 0 Å². The van der Waals surface area contributed by atoms with Crippen LogP contribution in [0.25, 0.3) is 0 Å². The lowest BCUT2D eigenvalue weighted by Crippen LogP contribution is -2.39. The van der Waals surface area contributed by atoms with E-state index in [9.17, 15) is 8.42 Å². The van der Waals surface area contributed by atoms with Crippen molar-refractivity contribution < 1.29 is 8.42 Å². The van der Waals surface area contributed by atoms with E-state index in [4.69, 9.17) is 16.6 Å². The SMILES string of the molecule is Cc1cccc(CSC2=NC3CS(=O)(=O)CC3N2c2ccc(Cl)cc2)c1. The highest BCUT2D eigenvalue weighted by Gasteiger charge is 2.47. The second-order valence-electron chi connectivity index (χ2n) is 6.75. The molecule has 26 heavy (non-hydrogen) atoms. The summed E-state index contributed by atoms with van der Waals surface area (Å²) < 4.78 is 24.1. The van der Waals surface area contributed by atoms with Crippen LogP contribution >= 0.6 is 23.4 Å². The number of amidine groups is 1. The molecule has 136 valence electrons. The van der Waals surface area contributed by atoms with Crippen molar-refractivity contribution >= 4 is 44.1 Å². The highest BCUT2D eigenvalue weighted by Crippen LogP contribution is 2.36. The van der Waals surface area contributed by atoms with E-state index in [0.29, 0.717) is 5.02 Å². The summed E-state index contributed by atoms with van der Waals surface area (Å²) in [6.07, 6.45) is 0. The number of anilines is 1. The Hall–Kier alpha value is -1.50. The van der Waals surface area contributed by atoms with Crippen molar-refractivity contribution in [1.29, 1.82) is 0 Å². The summed E-state index contributed by atoms with van der Waals surface area (Å²) in [5.41, 5.74) is 3.40. The molecular weight excluding hydrogens is 388 g/mol. The molecule has 2 aliphatic heterocycles. The number of sulfone groups is 1. The zero-order valence-electron chi connectivity index (χ0n) is 14.3. The molecular formula is C19H19ClN2O2S2. The van der Waals surface area contributed by atoms with Crippen molar-refractivity contribution in [3.63, 3.8) is 0 Å². The molecule has 2 aromatic rings. The fourth-order valence-corrected chi connectivity index (χ4v) is 6.52. The Morgan fingerprint density at radius 3 is 2.69 bits per heavy atom. The first-order valence-electron chi connectivity index (χ1n) is 8.43. The Morgan fingerprint density at radius 1 is 1.19 bits per heavy atom. The van der Waals surface area contributed by atoms with E-state index in [-0.39, 0.29) is 23.6 Å². The van der Waals surface area contributed by atoms with Crippen LogP contribution in [0.5, 0.6) is 0 Å². The number of aliphatic imine (C=N–C) groups is 1. The van der Waals surface area contributed by atoms with Gasteiger partial charge in [-0.1, -0.05) is 53.2 Å². The highest BCUT2D eigenvalue weighted by atomic mass is 35.5. The largest absolute Gasteiger partial charge is 0.315 e. The van der Waals surface area contributed by atoms with Crippen molar-refractivity contribution in [1.82, 2.24) is 0 Å². The second-order valence-corrected chi connectivity index (χ2v) is 10.3. The van der Waals surface area contributed by atoms with Gasteiger partial charge in [-0.25, -0.2) is 8.42 Å². The number of benzene rings is 2. The molecule has 1 fully saturated rings. The van der Waals surface area contributed by atoms with Crippen LogP contribution < -0.4 is 4.90 Å². The monoisotopic (exact) mass is 406 g/mol. The van der Waals surface area contributed by atoms with Crippen LogP contribution in [0.1, 0.15) is 11.1 Å². The van der Waals surface area contributed by atoms with E-state index in [1.165, 1.54) is 11.1 Å². The summed E-state index contributed by atoms with van der Waals surface area (Å²) in [5.74, 6) is 1.09. The van der Waals surface area contributed by atoms with Crippen LogP contribution in [0.2, 0.25) is 5.02 Å². The average molecular weight is 407 g/mol. The third-order valence-electron chi connectivity index (χ3n) is 4.66. The fraction of sp³-hybridized carbons (Fsp3) is 0.316. The van der Waals surface area contributed by atoms with Crippen molar-refractivity contribution in [2.75, 3.05) is 16.4 Å². The molecule has 7 heteroatoms. The maximum absolute atomic E-state index is 12.1. The third kappa shape index (κ3) is 3.63. The molecule has 2 atom stereocenters. The van der Waals surface area contributed by atoms with E-state index in [1.807, 2.05) is 24.3 Å². The first kappa shape index (κ1) is 17.9. The molecule has 0 radical (unpaired) electrons.